The lowest BCUT2D eigenvalue weighted by atomic mass is 10.2. The molecule has 0 radical (unpaired) electrons. The Kier molecular flexibility index (Phi) is 2.92. The Morgan fingerprint density at radius 2 is 1.73 bits per heavy atom. The molecular weight excluding hydrogens is 320 g/mol. The number of aromatic nitrogens is 2. The van der Waals surface area contributed by atoms with Gasteiger partial charge in [-0.2, -0.15) is 0 Å². The first-order chi connectivity index (χ1) is 10.6. The number of halogens is 1. The van der Waals surface area contributed by atoms with Crippen LogP contribution in [0.15, 0.2) is 58.1 Å². The van der Waals surface area contributed by atoms with Crippen molar-refractivity contribution >= 4 is 43.2 Å². The molecule has 2 heterocycles. The second kappa shape index (κ2) is 4.83. The highest BCUT2D eigenvalue weighted by Gasteiger charge is 2.14. The first kappa shape index (κ1) is 13.3. The summed E-state index contributed by atoms with van der Waals surface area (Å²) in [7, 11) is 0. The average molecular weight is 329 g/mol. The van der Waals surface area contributed by atoms with E-state index in [1.807, 2.05) is 24.3 Å². The number of benzene rings is 2. The summed E-state index contributed by atoms with van der Waals surface area (Å²) >= 11 is 7.24. The molecule has 0 aliphatic heterocycles. The van der Waals surface area contributed by atoms with Gasteiger partial charge in [0.25, 0.3) is 5.56 Å². The van der Waals surface area contributed by atoms with E-state index in [0.29, 0.717) is 20.9 Å². The first-order valence-corrected chi connectivity index (χ1v) is 7.77. The van der Waals surface area contributed by atoms with Gasteiger partial charge in [-0.25, -0.2) is 9.36 Å². The topological polar surface area (TPSA) is 54.9 Å². The van der Waals surface area contributed by atoms with Crippen LogP contribution in [-0.2, 0) is 0 Å². The van der Waals surface area contributed by atoms with E-state index in [9.17, 15) is 9.59 Å². The number of thiophene rings is 1. The van der Waals surface area contributed by atoms with Gasteiger partial charge in [0.1, 0.15) is 4.70 Å². The molecule has 0 spiro atoms. The van der Waals surface area contributed by atoms with E-state index >= 15 is 0 Å². The molecule has 4 rings (SSSR count). The van der Waals surface area contributed by atoms with E-state index in [1.165, 1.54) is 11.3 Å². The third-order valence-corrected chi connectivity index (χ3v) is 4.92. The van der Waals surface area contributed by atoms with Gasteiger partial charge in [0.15, 0.2) is 0 Å². The molecule has 0 bridgehead atoms. The number of fused-ring (bicyclic) bond motifs is 3. The second-order valence-electron chi connectivity index (χ2n) is 4.85. The molecule has 2 aromatic carbocycles. The fraction of sp³-hybridized carbons (Fsp3) is 0. The Morgan fingerprint density at radius 1 is 1.00 bits per heavy atom. The highest BCUT2D eigenvalue weighted by atomic mass is 35.5. The lowest BCUT2D eigenvalue weighted by Gasteiger charge is -2.04. The van der Waals surface area contributed by atoms with Crippen molar-refractivity contribution in [2.45, 2.75) is 0 Å². The van der Waals surface area contributed by atoms with E-state index in [4.69, 9.17) is 11.6 Å². The number of aromatic amines is 1. The maximum Gasteiger partial charge on any atom is 0.333 e. The highest BCUT2D eigenvalue weighted by Crippen LogP contribution is 2.29. The lowest BCUT2D eigenvalue weighted by molar-refractivity contribution is 0.905. The number of rotatable bonds is 1. The number of hydrogen-bond acceptors (Lipinski definition) is 3. The van der Waals surface area contributed by atoms with E-state index in [-0.39, 0.29) is 5.56 Å². The van der Waals surface area contributed by atoms with E-state index in [2.05, 4.69) is 4.98 Å². The highest BCUT2D eigenvalue weighted by molar-refractivity contribution is 7.25. The molecule has 0 aliphatic carbocycles. The molecule has 0 atom stereocenters. The lowest BCUT2D eigenvalue weighted by Crippen LogP contribution is -2.32. The average Bonchev–Trinajstić information content (AvgIpc) is 2.88. The fourth-order valence-electron chi connectivity index (χ4n) is 2.50. The van der Waals surface area contributed by atoms with Crippen molar-refractivity contribution in [2.24, 2.45) is 0 Å². The largest absolute Gasteiger partial charge is 0.333 e. The monoisotopic (exact) mass is 328 g/mol. The van der Waals surface area contributed by atoms with Crippen LogP contribution >= 0.6 is 22.9 Å². The van der Waals surface area contributed by atoms with Crippen LogP contribution in [0.1, 0.15) is 0 Å². The summed E-state index contributed by atoms with van der Waals surface area (Å²) in [5.74, 6) is 0. The van der Waals surface area contributed by atoms with Crippen LogP contribution in [0.4, 0.5) is 0 Å². The fourth-order valence-corrected chi connectivity index (χ4v) is 3.72. The zero-order valence-corrected chi connectivity index (χ0v) is 12.7. The minimum absolute atomic E-state index is 0.317. The minimum Gasteiger partial charge on any atom is -0.305 e. The Balaban J connectivity index is 2.13. The van der Waals surface area contributed by atoms with E-state index < -0.39 is 5.69 Å². The Morgan fingerprint density at radius 3 is 2.50 bits per heavy atom. The molecular formula is C16H9ClN2O2S. The van der Waals surface area contributed by atoms with Gasteiger partial charge in [0.2, 0.25) is 0 Å². The number of nitrogens with one attached hydrogen (secondary N) is 1. The number of nitrogens with zero attached hydrogens (tertiary/aromatic N) is 1. The van der Waals surface area contributed by atoms with Crippen LogP contribution in [0.5, 0.6) is 0 Å². The van der Waals surface area contributed by atoms with Crippen LogP contribution in [-0.4, -0.2) is 9.55 Å². The standard InChI is InChI=1S/C16H9ClN2O2S/c17-9-5-7-10(8-6-9)19-15(20)14-13(18-16(19)21)11-3-1-2-4-12(11)22-14/h1-8H,(H,18,21). The molecule has 2 aromatic heterocycles. The molecule has 6 heteroatoms. The Hall–Kier alpha value is -2.37. The summed E-state index contributed by atoms with van der Waals surface area (Å²) < 4.78 is 2.64. The Labute approximate surface area is 133 Å². The molecule has 108 valence electrons. The molecule has 4 nitrogen and oxygen atoms in total. The summed E-state index contributed by atoms with van der Waals surface area (Å²) in [5.41, 5.74) is 0.321. The number of H-pyrrole nitrogens is 1. The van der Waals surface area contributed by atoms with Crippen molar-refractivity contribution < 1.29 is 0 Å². The molecule has 0 saturated heterocycles. The molecule has 22 heavy (non-hydrogen) atoms. The first-order valence-electron chi connectivity index (χ1n) is 6.58. The van der Waals surface area contributed by atoms with Gasteiger partial charge < -0.3 is 4.98 Å². The second-order valence-corrected chi connectivity index (χ2v) is 6.34. The van der Waals surface area contributed by atoms with Gasteiger partial charge in [-0.05, 0) is 30.3 Å². The smallest absolute Gasteiger partial charge is 0.305 e. The van der Waals surface area contributed by atoms with Crippen LogP contribution < -0.4 is 11.2 Å². The van der Waals surface area contributed by atoms with Crippen LogP contribution in [0, 0.1) is 0 Å². The van der Waals surface area contributed by atoms with Crippen LogP contribution in [0.25, 0.3) is 26.0 Å². The van der Waals surface area contributed by atoms with Crippen LogP contribution in [0.2, 0.25) is 5.02 Å². The predicted octanol–water partition coefficient (Wildman–Crippen LogP) is 3.55. The van der Waals surface area contributed by atoms with Crippen molar-refractivity contribution in [1.29, 1.82) is 0 Å². The summed E-state index contributed by atoms with van der Waals surface area (Å²) in [5, 5.41) is 1.44. The quantitative estimate of drug-likeness (QED) is 0.581. The SMILES string of the molecule is O=c1[nH]c2c(sc3ccccc32)c(=O)n1-c1ccc(Cl)cc1. The summed E-state index contributed by atoms with van der Waals surface area (Å²) in [4.78, 5) is 27.9. The maximum atomic E-state index is 12.7. The summed E-state index contributed by atoms with van der Waals surface area (Å²) in [6.07, 6.45) is 0. The van der Waals surface area contributed by atoms with Crippen molar-refractivity contribution in [3.05, 3.63) is 74.4 Å². The third kappa shape index (κ3) is 1.90. The molecule has 4 aromatic rings. The Bertz CT molecular complexity index is 1120. The minimum atomic E-state index is -0.455. The van der Waals surface area contributed by atoms with Gasteiger partial charge >= 0.3 is 5.69 Å². The number of hydrogen-bond donors (Lipinski definition) is 1. The van der Waals surface area contributed by atoms with Gasteiger partial charge in [-0.3, -0.25) is 4.79 Å². The van der Waals surface area contributed by atoms with Crippen molar-refractivity contribution in [3.63, 3.8) is 0 Å². The van der Waals surface area contributed by atoms with Crippen LogP contribution in [0.3, 0.4) is 0 Å². The maximum absolute atomic E-state index is 12.7. The van der Waals surface area contributed by atoms with Gasteiger partial charge in [-0.15, -0.1) is 11.3 Å². The van der Waals surface area contributed by atoms with E-state index in [0.717, 1.165) is 14.7 Å². The molecule has 0 amide bonds. The van der Waals surface area contributed by atoms with Gasteiger partial charge in [-0.1, -0.05) is 29.8 Å². The molecule has 0 fully saturated rings. The zero-order chi connectivity index (χ0) is 15.3. The van der Waals surface area contributed by atoms with Crippen molar-refractivity contribution in [2.75, 3.05) is 0 Å². The zero-order valence-electron chi connectivity index (χ0n) is 11.2. The summed E-state index contributed by atoms with van der Waals surface area (Å²) in [6.45, 7) is 0. The molecule has 1 N–H and O–H groups in total. The van der Waals surface area contributed by atoms with Gasteiger partial charge in [0, 0.05) is 15.1 Å². The van der Waals surface area contributed by atoms with Gasteiger partial charge in [0.05, 0.1) is 11.2 Å². The molecule has 0 unspecified atom stereocenters. The predicted molar refractivity (Wildman–Crippen MR) is 90.6 cm³/mol. The van der Waals surface area contributed by atoms with E-state index in [1.54, 1.807) is 24.3 Å². The van der Waals surface area contributed by atoms with Crippen molar-refractivity contribution in [1.82, 2.24) is 9.55 Å². The third-order valence-electron chi connectivity index (χ3n) is 3.51. The normalized spacial score (nSPS) is 11.3. The molecule has 0 aliphatic rings. The van der Waals surface area contributed by atoms with Crippen molar-refractivity contribution in [3.8, 4) is 5.69 Å². The molecule has 0 saturated carbocycles. The summed E-state index contributed by atoms with van der Waals surface area (Å²) in [6, 6.07) is 14.2.